The van der Waals surface area contributed by atoms with Crippen LogP contribution in [0.5, 0.6) is 0 Å². The van der Waals surface area contributed by atoms with Gasteiger partial charge in [-0.05, 0) is 23.5 Å². The van der Waals surface area contributed by atoms with Crippen LogP contribution >= 0.6 is 0 Å². The number of likely N-dealkylation sites (N-methyl/N-ethyl adjacent to an activating group) is 1. The van der Waals surface area contributed by atoms with Gasteiger partial charge in [-0.15, -0.1) is 0 Å². The van der Waals surface area contributed by atoms with Crippen LogP contribution in [0.15, 0.2) is 23.3 Å². The standard InChI is InChI=1S/C13H17N9O2/c1-19-4-6-20(7-5-19)11-3-2-10(8-12(11)22(23)24)9-15-21-13(14)16-17-18-21/h2-3,8-9H,4-7H2,1H3,(H2,14,16,18)/b15-9+. The number of hydrogen-bond donors (Lipinski definition) is 1. The van der Waals surface area contributed by atoms with Crippen LogP contribution in [0.3, 0.4) is 0 Å². The highest BCUT2D eigenvalue weighted by Crippen LogP contribution is 2.29. The van der Waals surface area contributed by atoms with Crippen LogP contribution in [-0.4, -0.2) is 69.6 Å². The van der Waals surface area contributed by atoms with Crippen molar-refractivity contribution in [3.05, 3.63) is 33.9 Å². The summed E-state index contributed by atoms with van der Waals surface area (Å²) in [6.07, 6.45) is 1.42. The molecule has 0 aliphatic carbocycles. The van der Waals surface area contributed by atoms with Crippen molar-refractivity contribution in [3.63, 3.8) is 0 Å². The van der Waals surface area contributed by atoms with E-state index in [4.69, 9.17) is 5.73 Å². The molecule has 1 aliphatic rings. The summed E-state index contributed by atoms with van der Waals surface area (Å²) in [7, 11) is 2.04. The van der Waals surface area contributed by atoms with Gasteiger partial charge in [0.25, 0.3) is 11.6 Å². The smallest absolute Gasteiger partial charge is 0.293 e. The van der Waals surface area contributed by atoms with E-state index in [1.54, 1.807) is 12.1 Å². The first-order chi connectivity index (χ1) is 11.5. The van der Waals surface area contributed by atoms with Crippen LogP contribution in [0.25, 0.3) is 0 Å². The SMILES string of the molecule is CN1CCN(c2ccc(/C=N/n3nnnc3N)cc2[N+](=O)[O-])CC1. The van der Waals surface area contributed by atoms with E-state index in [-0.39, 0.29) is 16.6 Å². The zero-order valence-electron chi connectivity index (χ0n) is 13.1. The number of nitrogens with two attached hydrogens (primary N) is 1. The van der Waals surface area contributed by atoms with E-state index in [9.17, 15) is 10.1 Å². The van der Waals surface area contributed by atoms with E-state index in [1.165, 1.54) is 12.3 Å². The Morgan fingerprint density at radius 2 is 2.08 bits per heavy atom. The minimum atomic E-state index is -0.379. The molecule has 0 atom stereocenters. The highest BCUT2D eigenvalue weighted by atomic mass is 16.6. The first kappa shape index (κ1) is 15.8. The fraction of sp³-hybridized carbons (Fsp3) is 0.385. The lowest BCUT2D eigenvalue weighted by Crippen LogP contribution is -2.44. The average Bonchev–Trinajstić information content (AvgIpc) is 2.98. The van der Waals surface area contributed by atoms with Crippen LogP contribution in [0, 0.1) is 10.1 Å². The molecule has 1 fully saturated rings. The van der Waals surface area contributed by atoms with Gasteiger partial charge in [-0.1, -0.05) is 16.0 Å². The van der Waals surface area contributed by atoms with Crippen molar-refractivity contribution in [2.75, 3.05) is 43.9 Å². The van der Waals surface area contributed by atoms with Gasteiger partial charge < -0.3 is 15.5 Å². The molecule has 1 aliphatic heterocycles. The van der Waals surface area contributed by atoms with Crippen molar-refractivity contribution in [1.29, 1.82) is 0 Å². The minimum Gasteiger partial charge on any atom is -0.365 e. The molecule has 1 saturated heterocycles. The molecule has 24 heavy (non-hydrogen) atoms. The number of nitro groups is 1. The average molecular weight is 331 g/mol. The number of tetrazole rings is 1. The minimum absolute atomic E-state index is 0.0369. The van der Waals surface area contributed by atoms with E-state index >= 15 is 0 Å². The Bertz CT molecular complexity index is 765. The molecule has 0 saturated carbocycles. The topological polar surface area (TPSA) is 132 Å². The van der Waals surface area contributed by atoms with E-state index in [1.807, 2.05) is 11.9 Å². The van der Waals surface area contributed by atoms with E-state index in [0.29, 0.717) is 11.3 Å². The summed E-state index contributed by atoms with van der Waals surface area (Å²) in [5, 5.41) is 25.9. The largest absolute Gasteiger partial charge is 0.365 e. The molecule has 2 aromatic rings. The summed E-state index contributed by atoms with van der Waals surface area (Å²) < 4.78 is 0. The highest BCUT2D eigenvalue weighted by molar-refractivity contribution is 5.83. The molecule has 0 radical (unpaired) electrons. The summed E-state index contributed by atoms with van der Waals surface area (Å²) in [6.45, 7) is 3.26. The Hall–Kier alpha value is -3.08. The van der Waals surface area contributed by atoms with Gasteiger partial charge in [0.2, 0.25) is 0 Å². The third-order valence-corrected chi connectivity index (χ3v) is 3.83. The molecule has 0 amide bonds. The van der Waals surface area contributed by atoms with Gasteiger partial charge in [-0.2, -0.15) is 5.10 Å². The molecule has 11 nitrogen and oxygen atoms in total. The molecule has 1 aromatic carbocycles. The quantitative estimate of drug-likeness (QED) is 0.463. The Morgan fingerprint density at radius 3 is 2.71 bits per heavy atom. The normalized spacial score (nSPS) is 16.0. The fourth-order valence-corrected chi connectivity index (χ4v) is 2.47. The first-order valence-electron chi connectivity index (χ1n) is 7.35. The van der Waals surface area contributed by atoms with E-state index in [2.05, 4.69) is 25.5 Å². The van der Waals surface area contributed by atoms with Crippen LogP contribution in [0.4, 0.5) is 17.3 Å². The lowest BCUT2D eigenvalue weighted by atomic mass is 10.1. The second kappa shape index (κ2) is 6.58. The highest BCUT2D eigenvalue weighted by Gasteiger charge is 2.22. The molecule has 2 heterocycles. The molecule has 11 heteroatoms. The van der Waals surface area contributed by atoms with Gasteiger partial charge in [0, 0.05) is 37.8 Å². The third kappa shape index (κ3) is 3.30. The van der Waals surface area contributed by atoms with Crippen molar-refractivity contribution >= 4 is 23.5 Å². The number of anilines is 2. The summed E-state index contributed by atoms with van der Waals surface area (Å²) in [5.74, 6) is 0.0369. The predicted octanol–water partition coefficient (Wildman–Crippen LogP) is -0.202. The third-order valence-electron chi connectivity index (χ3n) is 3.83. The number of nitrogens with zero attached hydrogens (tertiary/aromatic N) is 8. The maximum absolute atomic E-state index is 11.4. The Balaban J connectivity index is 1.86. The number of benzene rings is 1. The molecule has 3 rings (SSSR count). The Labute approximate surface area is 137 Å². The van der Waals surface area contributed by atoms with Crippen LogP contribution in [0.2, 0.25) is 0 Å². The van der Waals surface area contributed by atoms with E-state index in [0.717, 1.165) is 31.0 Å². The van der Waals surface area contributed by atoms with Gasteiger partial charge in [0.15, 0.2) is 0 Å². The Morgan fingerprint density at radius 1 is 1.33 bits per heavy atom. The zero-order chi connectivity index (χ0) is 17.1. The lowest BCUT2D eigenvalue weighted by molar-refractivity contribution is -0.384. The number of hydrogen-bond acceptors (Lipinski definition) is 9. The summed E-state index contributed by atoms with van der Waals surface area (Å²) in [6, 6.07) is 5.00. The monoisotopic (exact) mass is 331 g/mol. The molecule has 1 aromatic heterocycles. The van der Waals surface area contributed by atoms with E-state index < -0.39 is 0 Å². The van der Waals surface area contributed by atoms with Crippen LogP contribution < -0.4 is 10.6 Å². The van der Waals surface area contributed by atoms with Gasteiger partial charge in [-0.3, -0.25) is 10.1 Å². The first-order valence-corrected chi connectivity index (χ1v) is 7.35. The van der Waals surface area contributed by atoms with Crippen molar-refractivity contribution in [2.45, 2.75) is 0 Å². The van der Waals surface area contributed by atoms with Gasteiger partial charge >= 0.3 is 0 Å². The van der Waals surface area contributed by atoms with Gasteiger partial charge in [0.05, 0.1) is 11.1 Å². The zero-order valence-corrected chi connectivity index (χ0v) is 13.1. The number of nitrogen functional groups attached to an aromatic ring is 1. The number of aromatic nitrogens is 4. The molecule has 0 bridgehead atoms. The van der Waals surface area contributed by atoms with Crippen LogP contribution in [-0.2, 0) is 0 Å². The number of nitro benzene ring substituents is 1. The van der Waals surface area contributed by atoms with Crippen LogP contribution in [0.1, 0.15) is 5.56 Å². The lowest BCUT2D eigenvalue weighted by Gasteiger charge is -2.33. The summed E-state index contributed by atoms with van der Waals surface area (Å²) >= 11 is 0. The second-order valence-electron chi connectivity index (χ2n) is 5.47. The van der Waals surface area contributed by atoms with Crippen molar-refractivity contribution in [2.24, 2.45) is 5.10 Å². The predicted molar refractivity (Wildman–Crippen MR) is 88.0 cm³/mol. The van der Waals surface area contributed by atoms with Crippen molar-refractivity contribution < 1.29 is 4.92 Å². The summed E-state index contributed by atoms with van der Waals surface area (Å²) in [4.78, 5) is 16.3. The maximum atomic E-state index is 11.4. The second-order valence-corrected chi connectivity index (χ2v) is 5.47. The molecular formula is C13H17N9O2. The summed E-state index contributed by atoms with van der Waals surface area (Å²) in [5.41, 5.74) is 6.74. The number of rotatable bonds is 4. The molecular weight excluding hydrogens is 314 g/mol. The molecule has 0 spiro atoms. The fourth-order valence-electron chi connectivity index (χ4n) is 2.47. The molecule has 2 N–H and O–H groups in total. The van der Waals surface area contributed by atoms with Gasteiger partial charge in [0.1, 0.15) is 5.69 Å². The van der Waals surface area contributed by atoms with Gasteiger partial charge in [-0.25, -0.2) is 0 Å². The molecule has 126 valence electrons. The molecule has 0 unspecified atom stereocenters. The number of piperazine rings is 1. The van der Waals surface area contributed by atoms with Crippen molar-refractivity contribution in [3.8, 4) is 0 Å². The maximum Gasteiger partial charge on any atom is 0.293 e. The van der Waals surface area contributed by atoms with Crippen molar-refractivity contribution in [1.82, 2.24) is 25.2 Å². The Kier molecular flexibility index (Phi) is 4.33.